The second-order valence-electron chi connectivity index (χ2n) is 5.29. The van der Waals surface area contributed by atoms with E-state index in [1.54, 1.807) is 18.2 Å². The molecule has 2 rings (SSSR count). The van der Waals surface area contributed by atoms with E-state index in [1.807, 2.05) is 6.07 Å². The first-order chi connectivity index (χ1) is 11.1. The van der Waals surface area contributed by atoms with Crippen molar-refractivity contribution in [2.75, 3.05) is 20.3 Å². The quantitative estimate of drug-likeness (QED) is 0.699. The minimum Gasteiger partial charge on any atom is -0.482 e. The summed E-state index contributed by atoms with van der Waals surface area (Å²) in [5.41, 5.74) is 6.40. The average molecular weight is 359 g/mol. The minimum atomic E-state index is -0.448. The summed E-state index contributed by atoms with van der Waals surface area (Å²) < 4.78 is 15.4. The molecule has 1 fully saturated rings. The molecule has 1 aliphatic rings. The lowest BCUT2D eigenvalue weighted by Crippen LogP contribution is -2.35. The van der Waals surface area contributed by atoms with Crippen molar-refractivity contribution >= 4 is 24.3 Å². The molecule has 1 saturated heterocycles. The topological polar surface area (TPSA) is 99.9 Å². The lowest BCUT2D eigenvalue weighted by molar-refractivity contribution is -0.142. The van der Waals surface area contributed by atoms with Gasteiger partial charge >= 0.3 is 5.97 Å². The summed E-state index contributed by atoms with van der Waals surface area (Å²) in [6.45, 7) is 0.646. The van der Waals surface area contributed by atoms with E-state index in [4.69, 9.17) is 15.2 Å². The predicted molar refractivity (Wildman–Crippen MR) is 90.0 cm³/mol. The average Bonchev–Trinajstić information content (AvgIpc) is 3.07. The summed E-state index contributed by atoms with van der Waals surface area (Å²) in [7, 11) is 1.30. The Hall–Kier alpha value is -1.83. The second-order valence-corrected chi connectivity index (χ2v) is 5.29. The highest BCUT2D eigenvalue weighted by Gasteiger charge is 2.29. The Labute approximate surface area is 147 Å². The van der Waals surface area contributed by atoms with E-state index >= 15 is 0 Å². The zero-order valence-electron chi connectivity index (χ0n) is 13.5. The molecule has 1 aromatic carbocycles. The van der Waals surface area contributed by atoms with Gasteiger partial charge in [-0.2, -0.15) is 0 Å². The Morgan fingerprint density at radius 3 is 2.83 bits per heavy atom. The maximum Gasteiger partial charge on any atom is 0.343 e. The number of rotatable bonds is 7. The first-order valence-corrected chi connectivity index (χ1v) is 7.54. The van der Waals surface area contributed by atoms with Crippen molar-refractivity contribution in [1.82, 2.24) is 5.32 Å². The molecule has 1 aromatic rings. The Balaban J connectivity index is 0.00000288. The highest BCUT2D eigenvalue weighted by Crippen LogP contribution is 2.19. The fraction of sp³-hybridized carbons (Fsp3) is 0.500. The number of nitrogens with one attached hydrogen (secondary N) is 1. The third-order valence-electron chi connectivity index (χ3n) is 3.61. The molecule has 3 N–H and O–H groups in total. The van der Waals surface area contributed by atoms with Crippen molar-refractivity contribution in [3.8, 4) is 5.75 Å². The number of hydrogen-bond donors (Lipinski definition) is 2. The van der Waals surface area contributed by atoms with E-state index in [0.717, 1.165) is 12.0 Å². The maximum absolute atomic E-state index is 12.0. The van der Waals surface area contributed by atoms with Crippen molar-refractivity contribution in [1.29, 1.82) is 0 Å². The van der Waals surface area contributed by atoms with Gasteiger partial charge in [-0.1, -0.05) is 12.1 Å². The number of amides is 1. The van der Waals surface area contributed by atoms with E-state index in [2.05, 4.69) is 10.1 Å². The first-order valence-electron chi connectivity index (χ1n) is 7.54. The highest BCUT2D eigenvalue weighted by atomic mass is 35.5. The van der Waals surface area contributed by atoms with Crippen LogP contribution in [-0.2, 0) is 25.6 Å². The van der Waals surface area contributed by atoms with Gasteiger partial charge in [-0.15, -0.1) is 12.4 Å². The van der Waals surface area contributed by atoms with Gasteiger partial charge in [0.25, 0.3) is 0 Å². The maximum atomic E-state index is 12.0. The van der Waals surface area contributed by atoms with Crippen LogP contribution in [0.15, 0.2) is 24.3 Å². The third-order valence-corrected chi connectivity index (χ3v) is 3.61. The summed E-state index contributed by atoms with van der Waals surface area (Å²) >= 11 is 0. The van der Waals surface area contributed by atoms with Gasteiger partial charge < -0.3 is 25.3 Å². The van der Waals surface area contributed by atoms with Crippen LogP contribution < -0.4 is 15.8 Å². The molecule has 0 aliphatic carbocycles. The van der Waals surface area contributed by atoms with Crippen LogP contribution in [0.3, 0.4) is 0 Å². The van der Waals surface area contributed by atoms with Crippen molar-refractivity contribution < 1.29 is 23.8 Å². The number of halogens is 1. The van der Waals surface area contributed by atoms with Gasteiger partial charge in [0.15, 0.2) is 6.61 Å². The molecule has 1 heterocycles. The van der Waals surface area contributed by atoms with Crippen LogP contribution in [0, 0.1) is 0 Å². The number of hydrogen-bond acceptors (Lipinski definition) is 6. The second kappa shape index (κ2) is 10.1. The number of methoxy groups -OCH3 is 1. The molecule has 8 heteroatoms. The van der Waals surface area contributed by atoms with Gasteiger partial charge in [0.05, 0.1) is 13.2 Å². The smallest absolute Gasteiger partial charge is 0.343 e. The molecule has 134 valence electrons. The first kappa shape index (κ1) is 20.2. The Bertz CT molecular complexity index is 555. The molecular formula is C16H23ClN2O5. The Kier molecular flexibility index (Phi) is 8.53. The van der Waals surface area contributed by atoms with Crippen LogP contribution in [0.5, 0.6) is 5.75 Å². The third kappa shape index (κ3) is 5.99. The number of benzene rings is 1. The fourth-order valence-corrected chi connectivity index (χ4v) is 2.32. The zero-order chi connectivity index (χ0) is 16.7. The van der Waals surface area contributed by atoms with Crippen LogP contribution in [0.2, 0.25) is 0 Å². The molecule has 0 saturated carbocycles. The summed E-state index contributed by atoms with van der Waals surface area (Å²) in [5.74, 6) is -0.0409. The van der Waals surface area contributed by atoms with E-state index in [0.29, 0.717) is 25.3 Å². The van der Waals surface area contributed by atoms with Gasteiger partial charge in [0, 0.05) is 13.1 Å². The molecule has 7 nitrogen and oxygen atoms in total. The fourth-order valence-electron chi connectivity index (χ4n) is 2.32. The van der Waals surface area contributed by atoms with E-state index in [9.17, 15) is 9.59 Å². The van der Waals surface area contributed by atoms with Crippen LogP contribution in [0.25, 0.3) is 0 Å². The van der Waals surface area contributed by atoms with Crippen LogP contribution >= 0.6 is 12.4 Å². The van der Waals surface area contributed by atoms with Crippen LogP contribution in [0.1, 0.15) is 18.4 Å². The lowest BCUT2D eigenvalue weighted by atomic mass is 10.1. The Morgan fingerprint density at radius 1 is 1.38 bits per heavy atom. The molecule has 0 bridgehead atoms. The summed E-state index contributed by atoms with van der Waals surface area (Å²) in [4.78, 5) is 23.1. The van der Waals surface area contributed by atoms with Gasteiger partial charge in [0.1, 0.15) is 11.9 Å². The number of nitrogens with two attached hydrogens (primary N) is 1. The van der Waals surface area contributed by atoms with Crippen molar-refractivity contribution in [2.45, 2.75) is 31.6 Å². The van der Waals surface area contributed by atoms with Gasteiger partial charge in [-0.05, 0) is 30.5 Å². The molecule has 0 radical (unpaired) electrons. The lowest BCUT2D eigenvalue weighted by Gasteiger charge is -2.13. The molecule has 0 aromatic heterocycles. The standard InChI is InChI=1S/C16H22N2O5.ClH/c1-21-15(19)10-22-12-4-2-3-11(7-12)9-18-16(20)14-6-5-13(8-17)23-14;/h2-4,7,13-14H,5-6,8-10,17H2,1H3,(H,18,20);1H/t13-,14+;/m1./s1. The predicted octanol–water partition coefficient (Wildman–Crippen LogP) is 0.783. The summed E-state index contributed by atoms with van der Waals surface area (Å²) in [6, 6.07) is 7.16. The number of esters is 1. The van der Waals surface area contributed by atoms with Crippen molar-refractivity contribution in [2.24, 2.45) is 5.73 Å². The highest BCUT2D eigenvalue weighted by molar-refractivity contribution is 5.85. The van der Waals surface area contributed by atoms with Crippen LogP contribution in [-0.4, -0.2) is 44.3 Å². The van der Waals surface area contributed by atoms with E-state index in [1.165, 1.54) is 7.11 Å². The number of ether oxygens (including phenoxy) is 3. The molecular weight excluding hydrogens is 336 g/mol. The normalized spacial score (nSPS) is 19.2. The van der Waals surface area contributed by atoms with Crippen molar-refractivity contribution in [3.63, 3.8) is 0 Å². The van der Waals surface area contributed by atoms with E-state index in [-0.39, 0.29) is 31.0 Å². The molecule has 0 unspecified atom stereocenters. The Morgan fingerprint density at radius 2 is 2.17 bits per heavy atom. The van der Waals surface area contributed by atoms with Gasteiger partial charge in [0.2, 0.25) is 5.91 Å². The number of carbonyl (C=O) groups is 2. The van der Waals surface area contributed by atoms with Gasteiger partial charge in [-0.3, -0.25) is 4.79 Å². The summed E-state index contributed by atoms with van der Waals surface area (Å²) in [5, 5.41) is 2.84. The minimum absolute atomic E-state index is 0. The van der Waals surface area contributed by atoms with Gasteiger partial charge in [-0.25, -0.2) is 4.79 Å². The molecule has 1 amide bonds. The molecule has 2 atom stereocenters. The number of carbonyl (C=O) groups excluding carboxylic acids is 2. The largest absolute Gasteiger partial charge is 0.482 e. The SMILES string of the molecule is COC(=O)COc1cccc(CNC(=O)[C@@H]2CC[C@H](CN)O2)c1.Cl. The molecule has 1 aliphatic heterocycles. The van der Waals surface area contributed by atoms with Crippen molar-refractivity contribution in [3.05, 3.63) is 29.8 Å². The molecule has 0 spiro atoms. The summed E-state index contributed by atoms with van der Waals surface area (Å²) in [6.07, 6.45) is 1.05. The molecule has 24 heavy (non-hydrogen) atoms. The van der Waals surface area contributed by atoms with E-state index < -0.39 is 12.1 Å². The monoisotopic (exact) mass is 358 g/mol. The van der Waals surface area contributed by atoms with Crippen LogP contribution in [0.4, 0.5) is 0 Å². The zero-order valence-corrected chi connectivity index (χ0v) is 14.3.